The van der Waals surface area contributed by atoms with Gasteiger partial charge in [0.25, 0.3) is 0 Å². The normalized spacial score (nSPS) is 11.1. The Bertz CT molecular complexity index is 621. The largest absolute Gasteiger partial charge is 0.493 e. The van der Waals surface area contributed by atoms with Crippen molar-refractivity contribution in [1.82, 2.24) is 9.78 Å². The second kappa shape index (κ2) is 7.68. The van der Waals surface area contributed by atoms with Gasteiger partial charge in [-0.15, -0.1) is 5.10 Å². The van der Waals surface area contributed by atoms with Gasteiger partial charge in [0.05, 0.1) is 13.2 Å². The fraction of sp³-hybridized carbons (Fsp3) is 0.471. The first-order valence-electron chi connectivity index (χ1n) is 7.68. The molecule has 2 rings (SSSR count). The number of aromatic hydroxyl groups is 1. The van der Waals surface area contributed by atoms with Crippen molar-refractivity contribution in [2.75, 3.05) is 6.61 Å². The molecule has 22 heavy (non-hydrogen) atoms. The predicted molar refractivity (Wildman–Crippen MR) is 91.4 cm³/mol. The van der Waals surface area contributed by atoms with Gasteiger partial charge in [0.2, 0.25) is 5.88 Å². The van der Waals surface area contributed by atoms with Gasteiger partial charge in [-0.2, -0.15) is 0 Å². The zero-order valence-corrected chi connectivity index (χ0v) is 14.9. The molecule has 0 fully saturated rings. The second-order valence-electron chi connectivity index (χ2n) is 5.55. The molecule has 0 amide bonds. The van der Waals surface area contributed by atoms with Crippen molar-refractivity contribution in [3.63, 3.8) is 0 Å². The lowest BCUT2D eigenvalue weighted by molar-refractivity contribution is 0.238. The number of nitrogens with zero attached hydrogens (tertiary/aromatic N) is 2. The standard InChI is InChI=1S/C17H23BrN2O2/c1-4-13(5-2)11-22-16-7-6-15(18)9-14(16)10-20-12(3)8-17(21)19-20/h6-9,13H,4-5,10-11H2,1-3H3,(H,19,21). The van der Waals surface area contributed by atoms with E-state index in [1.54, 1.807) is 10.7 Å². The molecule has 0 unspecified atom stereocenters. The van der Waals surface area contributed by atoms with E-state index < -0.39 is 0 Å². The molecule has 0 saturated heterocycles. The Hall–Kier alpha value is -1.49. The zero-order chi connectivity index (χ0) is 16.1. The molecule has 0 saturated carbocycles. The third kappa shape index (κ3) is 4.26. The maximum Gasteiger partial charge on any atom is 0.230 e. The smallest absolute Gasteiger partial charge is 0.230 e. The molecule has 5 heteroatoms. The van der Waals surface area contributed by atoms with Crippen LogP contribution in [0, 0.1) is 12.8 Å². The van der Waals surface area contributed by atoms with Crippen LogP contribution in [0.1, 0.15) is 37.9 Å². The van der Waals surface area contributed by atoms with Crippen LogP contribution in [0.5, 0.6) is 11.6 Å². The number of benzene rings is 1. The van der Waals surface area contributed by atoms with E-state index in [9.17, 15) is 5.11 Å². The van der Waals surface area contributed by atoms with Gasteiger partial charge in [0, 0.05) is 21.8 Å². The predicted octanol–water partition coefficient (Wildman–Crippen LogP) is 4.52. The van der Waals surface area contributed by atoms with Crippen LogP contribution >= 0.6 is 15.9 Å². The van der Waals surface area contributed by atoms with Crippen molar-refractivity contribution in [1.29, 1.82) is 0 Å². The van der Waals surface area contributed by atoms with E-state index in [1.807, 2.05) is 25.1 Å². The minimum atomic E-state index is 0.0481. The Morgan fingerprint density at radius 3 is 2.59 bits per heavy atom. The van der Waals surface area contributed by atoms with Gasteiger partial charge < -0.3 is 9.84 Å². The van der Waals surface area contributed by atoms with Gasteiger partial charge in [0.1, 0.15) is 5.75 Å². The lowest BCUT2D eigenvalue weighted by Crippen LogP contribution is -2.12. The van der Waals surface area contributed by atoms with E-state index >= 15 is 0 Å². The molecule has 1 aromatic heterocycles. The average Bonchev–Trinajstić information content (AvgIpc) is 2.80. The van der Waals surface area contributed by atoms with Crippen molar-refractivity contribution >= 4 is 15.9 Å². The molecular weight excluding hydrogens is 344 g/mol. The maximum absolute atomic E-state index is 9.50. The molecule has 0 spiro atoms. The molecule has 2 aromatic rings. The molecular formula is C17H23BrN2O2. The second-order valence-corrected chi connectivity index (χ2v) is 6.46. The van der Waals surface area contributed by atoms with E-state index in [1.165, 1.54) is 0 Å². The first kappa shape index (κ1) is 16.9. The van der Waals surface area contributed by atoms with Crippen LogP contribution in [0.4, 0.5) is 0 Å². The Kier molecular flexibility index (Phi) is 5.89. The average molecular weight is 367 g/mol. The summed E-state index contributed by atoms with van der Waals surface area (Å²) in [5, 5.41) is 13.6. The van der Waals surface area contributed by atoms with E-state index in [4.69, 9.17) is 4.74 Å². The zero-order valence-electron chi connectivity index (χ0n) is 13.3. The van der Waals surface area contributed by atoms with E-state index in [2.05, 4.69) is 34.9 Å². The van der Waals surface area contributed by atoms with Crippen LogP contribution in [0.25, 0.3) is 0 Å². The lowest BCUT2D eigenvalue weighted by Gasteiger charge is -2.17. The van der Waals surface area contributed by atoms with Crippen LogP contribution in [0.3, 0.4) is 0 Å². The molecule has 0 atom stereocenters. The molecule has 1 N–H and O–H groups in total. The summed E-state index contributed by atoms with van der Waals surface area (Å²) >= 11 is 3.51. The maximum atomic E-state index is 9.50. The van der Waals surface area contributed by atoms with Crippen molar-refractivity contribution in [2.24, 2.45) is 5.92 Å². The SMILES string of the molecule is CCC(CC)COc1ccc(Br)cc1Cn1nc(O)cc1C. The number of ether oxygens (including phenoxy) is 1. The fourth-order valence-corrected chi connectivity index (χ4v) is 2.77. The Balaban J connectivity index is 2.18. The van der Waals surface area contributed by atoms with Crippen molar-refractivity contribution in [3.8, 4) is 11.6 Å². The van der Waals surface area contributed by atoms with E-state index in [0.29, 0.717) is 12.5 Å². The monoisotopic (exact) mass is 366 g/mol. The van der Waals surface area contributed by atoms with Crippen LogP contribution in [-0.2, 0) is 6.54 Å². The van der Waals surface area contributed by atoms with Crippen LogP contribution in [0.15, 0.2) is 28.7 Å². The topological polar surface area (TPSA) is 47.3 Å². The molecule has 1 heterocycles. The fourth-order valence-electron chi connectivity index (χ4n) is 2.36. The summed E-state index contributed by atoms with van der Waals surface area (Å²) in [5.41, 5.74) is 1.97. The van der Waals surface area contributed by atoms with Crippen molar-refractivity contribution in [2.45, 2.75) is 40.2 Å². The summed E-state index contributed by atoms with van der Waals surface area (Å²) in [6, 6.07) is 7.67. The summed E-state index contributed by atoms with van der Waals surface area (Å²) < 4.78 is 8.82. The highest BCUT2D eigenvalue weighted by Gasteiger charge is 2.11. The first-order chi connectivity index (χ1) is 10.5. The number of rotatable bonds is 7. The quantitative estimate of drug-likeness (QED) is 0.783. The molecule has 1 aromatic carbocycles. The van der Waals surface area contributed by atoms with Crippen LogP contribution in [0.2, 0.25) is 0 Å². The molecule has 0 aliphatic carbocycles. The highest BCUT2D eigenvalue weighted by Crippen LogP contribution is 2.26. The van der Waals surface area contributed by atoms with Gasteiger partial charge in [-0.05, 0) is 31.0 Å². The summed E-state index contributed by atoms with van der Waals surface area (Å²) in [4.78, 5) is 0. The lowest BCUT2D eigenvalue weighted by atomic mass is 10.1. The molecule has 0 aliphatic rings. The third-order valence-electron chi connectivity index (χ3n) is 3.94. The highest BCUT2D eigenvalue weighted by molar-refractivity contribution is 9.10. The summed E-state index contributed by atoms with van der Waals surface area (Å²) in [6.07, 6.45) is 2.24. The summed E-state index contributed by atoms with van der Waals surface area (Å²) in [6.45, 7) is 7.61. The van der Waals surface area contributed by atoms with E-state index in [-0.39, 0.29) is 5.88 Å². The summed E-state index contributed by atoms with van der Waals surface area (Å²) in [7, 11) is 0. The molecule has 0 aliphatic heterocycles. The minimum absolute atomic E-state index is 0.0481. The van der Waals surface area contributed by atoms with Crippen LogP contribution in [-0.4, -0.2) is 21.5 Å². The number of hydrogen-bond donors (Lipinski definition) is 1. The molecule has 4 nitrogen and oxygen atoms in total. The molecule has 0 bridgehead atoms. The Morgan fingerprint density at radius 1 is 1.27 bits per heavy atom. The van der Waals surface area contributed by atoms with Gasteiger partial charge in [0.15, 0.2) is 0 Å². The number of aromatic nitrogens is 2. The Labute approximate surface area is 140 Å². The third-order valence-corrected chi connectivity index (χ3v) is 4.43. The summed E-state index contributed by atoms with van der Waals surface area (Å²) in [5.74, 6) is 1.50. The van der Waals surface area contributed by atoms with Gasteiger partial charge in [-0.25, -0.2) is 0 Å². The minimum Gasteiger partial charge on any atom is -0.493 e. The Morgan fingerprint density at radius 2 is 2.00 bits per heavy atom. The number of hydrogen-bond acceptors (Lipinski definition) is 3. The highest BCUT2D eigenvalue weighted by atomic mass is 79.9. The van der Waals surface area contributed by atoms with Gasteiger partial charge in [-0.1, -0.05) is 42.6 Å². The van der Waals surface area contributed by atoms with Gasteiger partial charge in [-0.3, -0.25) is 4.68 Å². The number of aryl methyl sites for hydroxylation is 1. The molecule has 0 radical (unpaired) electrons. The molecule has 120 valence electrons. The first-order valence-corrected chi connectivity index (χ1v) is 8.47. The van der Waals surface area contributed by atoms with Crippen molar-refractivity contribution in [3.05, 3.63) is 40.0 Å². The van der Waals surface area contributed by atoms with Gasteiger partial charge >= 0.3 is 0 Å². The number of halogens is 1. The van der Waals surface area contributed by atoms with E-state index in [0.717, 1.165) is 40.9 Å². The van der Waals surface area contributed by atoms with Crippen LogP contribution < -0.4 is 4.74 Å². The van der Waals surface area contributed by atoms with Crippen molar-refractivity contribution < 1.29 is 9.84 Å².